The summed E-state index contributed by atoms with van der Waals surface area (Å²) in [6, 6.07) is 4.55. The first-order chi connectivity index (χ1) is 9.69. The molecule has 1 saturated carbocycles. The number of anilines is 1. The lowest BCUT2D eigenvalue weighted by atomic mass is 9.84. The van der Waals surface area contributed by atoms with Gasteiger partial charge in [0, 0.05) is 19.3 Å². The Morgan fingerprint density at radius 3 is 2.95 bits per heavy atom. The molecule has 108 valence electrons. The smallest absolute Gasteiger partial charge is 0.245 e. The molecule has 2 unspecified atom stereocenters. The molecule has 20 heavy (non-hydrogen) atoms. The quantitative estimate of drug-likeness (QED) is 0.929. The normalized spacial score (nSPS) is 23.1. The summed E-state index contributed by atoms with van der Waals surface area (Å²) in [6.45, 7) is 2.82. The van der Waals surface area contributed by atoms with Crippen molar-refractivity contribution >= 4 is 11.6 Å². The highest BCUT2D eigenvalue weighted by atomic mass is 15.4. The summed E-state index contributed by atoms with van der Waals surface area (Å²) in [4.78, 5) is 6.86. The number of fused-ring (bicyclic) bond motifs is 1. The average molecular weight is 273 g/mol. The van der Waals surface area contributed by atoms with Crippen LogP contribution in [0.15, 0.2) is 18.3 Å². The van der Waals surface area contributed by atoms with Gasteiger partial charge >= 0.3 is 0 Å². The highest BCUT2D eigenvalue weighted by Crippen LogP contribution is 2.29. The van der Waals surface area contributed by atoms with Crippen LogP contribution < -0.4 is 10.6 Å². The Labute approximate surface area is 119 Å². The third-order valence-corrected chi connectivity index (χ3v) is 4.45. The van der Waals surface area contributed by atoms with E-state index in [1.807, 2.05) is 16.8 Å². The Kier molecular flexibility index (Phi) is 3.61. The molecule has 1 aliphatic carbocycles. The second-order valence-electron chi connectivity index (χ2n) is 5.88. The van der Waals surface area contributed by atoms with Crippen molar-refractivity contribution in [1.29, 1.82) is 0 Å². The molecule has 5 nitrogen and oxygen atoms in total. The minimum Gasteiger partial charge on any atom is -0.339 e. The molecule has 2 N–H and O–H groups in total. The first-order valence-corrected chi connectivity index (χ1v) is 7.45. The molecule has 2 heterocycles. The van der Waals surface area contributed by atoms with Crippen LogP contribution in [0.3, 0.4) is 0 Å². The minimum absolute atomic E-state index is 0.465. The van der Waals surface area contributed by atoms with E-state index >= 15 is 0 Å². The number of hydrogen-bond acceptors (Lipinski definition) is 4. The monoisotopic (exact) mass is 273 g/mol. The molecule has 0 saturated heterocycles. The molecule has 1 aliphatic rings. The van der Waals surface area contributed by atoms with Crippen LogP contribution in [0, 0.1) is 12.8 Å². The van der Waals surface area contributed by atoms with Crippen LogP contribution in [0.2, 0.25) is 0 Å². The second-order valence-corrected chi connectivity index (χ2v) is 5.88. The predicted octanol–water partition coefficient (Wildman–Crippen LogP) is 1.99. The molecule has 3 rings (SSSR count). The summed E-state index contributed by atoms with van der Waals surface area (Å²) in [5, 5.41) is 4.61. The van der Waals surface area contributed by atoms with Crippen molar-refractivity contribution in [3.05, 3.63) is 23.9 Å². The highest BCUT2D eigenvalue weighted by molar-refractivity contribution is 5.45. The van der Waals surface area contributed by atoms with Crippen LogP contribution in [0.1, 0.15) is 31.2 Å². The van der Waals surface area contributed by atoms with Gasteiger partial charge in [-0.05, 0) is 43.9 Å². The highest BCUT2D eigenvalue weighted by Gasteiger charge is 2.29. The van der Waals surface area contributed by atoms with Gasteiger partial charge in [0.2, 0.25) is 5.95 Å². The molecule has 0 aliphatic heterocycles. The van der Waals surface area contributed by atoms with Crippen LogP contribution in [-0.2, 0) is 0 Å². The fourth-order valence-electron chi connectivity index (χ4n) is 3.24. The molecule has 0 bridgehead atoms. The van der Waals surface area contributed by atoms with Gasteiger partial charge in [0.25, 0.3) is 0 Å². The SMILES string of the molecule is Cc1ccc2nc(N(C)C3CCCCC3CN)nn2c1. The number of nitrogens with zero attached hydrogens (tertiary/aromatic N) is 4. The summed E-state index contributed by atoms with van der Waals surface area (Å²) >= 11 is 0. The Morgan fingerprint density at radius 1 is 1.35 bits per heavy atom. The standard InChI is InChI=1S/C15H23N5/c1-11-7-8-14-17-15(18-20(14)10-11)19(2)13-6-4-3-5-12(13)9-16/h7-8,10,12-13H,3-6,9,16H2,1-2H3. The lowest BCUT2D eigenvalue weighted by Crippen LogP contribution is -2.43. The lowest BCUT2D eigenvalue weighted by Gasteiger charge is -2.36. The van der Waals surface area contributed by atoms with Gasteiger partial charge in [-0.25, -0.2) is 4.52 Å². The molecule has 2 atom stereocenters. The van der Waals surface area contributed by atoms with Crippen molar-refractivity contribution in [2.24, 2.45) is 11.7 Å². The Balaban J connectivity index is 1.89. The van der Waals surface area contributed by atoms with Crippen molar-refractivity contribution in [2.75, 3.05) is 18.5 Å². The number of aryl methyl sites for hydroxylation is 1. The van der Waals surface area contributed by atoms with E-state index in [9.17, 15) is 0 Å². The molecular weight excluding hydrogens is 250 g/mol. The first kappa shape index (κ1) is 13.4. The third kappa shape index (κ3) is 2.38. The van der Waals surface area contributed by atoms with Crippen LogP contribution in [0.5, 0.6) is 0 Å². The van der Waals surface area contributed by atoms with Crippen LogP contribution >= 0.6 is 0 Å². The summed E-state index contributed by atoms with van der Waals surface area (Å²) in [5.74, 6) is 1.36. The zero-order valence-electron chi connectivity index (χ0n) is 12.3. The maximum absolute atomic E-state index is 5.93. The molecule has 2 aromatic heterocycles. The summed E-state index contributed by atoms with van der Waals surface area (Å²) < 4.78 is 1.86. The number of hydrogen-bond donors (Lipinski definition) is 1. The summed E-state index contributed by atoms with van der Waals surface area (Å²) in [7, 11) is 2.10. The third-order valence-electron chi connectivity index (χ3n) is 4.45. The molecule has 0 spiro atoms. The van der Waals surface area contributed by atoms with Crippen molar-refractivity contribution < 1.29 is 0 Å². The lowest BCUT2D eigenvalue weighted by molar-refractivity contribution is 0.304. The minimum atomic E-state index is 0.465. The van der Waals surface area contributed by atoms with Gasteiger partial charge in [-0.2, -0.15) is 4.98 Å². The Hall–Kier alpha value is -1.62. The van der Waals surface area contributed by atoms with E-state index in [4.69, 9.17) is 5.73 Å². The maximum Gasteiger partial charge on any atom is 0.245 e. The zero-order chi connectivity index (χ0) is 14.1. The van der Waals surface area contributed by atoms with E-state index in [0.717, 1.165) is 18.1 Å². The molecule has 0 amide bonds. The van der Waals surface area contributed by atoms with Crippen molar-refractivity contribution in [1.82, 2.24) is 14.6 Å². The molecule has 0 aromatic carbocycles. The van der Waals surface area contributed by atoms with E-state index in [1.165, 1.54) is 31.2 Å². The fraction of sp³-hybridized carbons (Fsp3) is 0.600. The van der Waals surface area contributed by atoms with E-state index in [-0.39, 0.29) is 0 Å². The van der Waals surface area contributed by atoms with Crippen molar-refractivity contribution in [3.63, 3.8) is 0 Å². The van der Waals surface area contributed by atoms with Gasteiger partial charge in [0.05, 0.1) is 0 Å². The van der Waals surface area contributed by atoms with Gasteiger partial charge in [-0.1, -0.05) is 18.9 Å². The second kappa shape index (κ2) is 5.40. The molecular formula is C15H23N5. The zero-order valence-corrected chi connectivity index (χ0v) is 12.3. The summed E-state index contributed by atoms with van der Waals surface area (Å²) in [5.41, 5.74) is 8.02. The molecule has 1 fully saturated rings. The number of pyridine rings is 1. The van der Waals surface area contributed by atoms with E-state index < -0.39 is 0 Å². The van der Waals surface area contributed by atoms with Gasteiger partial charge in [-0.15, -0.1) is 5.10 Å². The van der Waals surface area contributed by atoms with E-state index in [2.05, 4.69) is 35.0 Å². The van der Waals surface area contributed by atoms with Crippen molar-refractivity contribution in [2.45, 2.75) is 38.6 Å². The fourth-order valence-corrected chi connectivity index (χ4v) is 3.24. The van der Waals surface area contributed by atoms with Crippen LogP contribution in [-0.4, -0.2) is 34.2 Å². The van der Waals surface area contributed by atoms with Crippen LogP contribution in [0.4, 0.5) is 5.95 Å². The Morgan fingerprint density at radius 2 is 2.15 bits per heavy atom. The number of nitrogens with two attached hydrogens (primary N) is 1. The predicted molar refractivity (Wildman–Crippen MR) is 80.9 cm³/mol. The first-order valence-electron chi connectivity index (χ1n) is 7.45. The maximum atomic E-state index is 5.93. The Bertz CT molecular complexity index is 591. The molecule has 5 heteroatoms. The van der Waals surface area contributed by atoms with Gasteiger partial charge in [0.1, 0.15) is 0 Å². The van der Waals surface area contributed by atoms with Gasteiger partial charge in [-0.3, -0.25) is 0 Å². The molecule has 2 aromatic rings. The van der Waals surface area contributed by atoms with E-state index in [1.54, 1.807) is 0 Å². The van der Waals surface area contributed by atoms with Gasteiger partial charge in [0.15, 0.2) is 5.65 Å². The molecule has 0 radical (unpaired) electrons. The average Bonchev–Trinajstić information content (AvgIpc) is 2.89. The summed E-state index contributed by atoms with van der Waals surface area (Å²) in [6.07, 6.45) is 6.99. The number of rotatable bonds is 3. The topological polar surface area (TPSA) is 59.5 Å². The van der Waals surface area contributed by atoms with E-state index in [0.29, 0.717) is 12.0 Å². The largest absolute Gasteiger partial charge is 0.339 e. The van der Waals surface area contributed by atoms with Crippen molar-refractivity contribution in [3.8, 4) is 0 Å². The number of aromatic nitrogens is 3. The van der Waals surface area contributed by atoms with Gasteiger partial charge < -0.3 is 10.6 Å². The van der Waals surface area contributed by atoms with Crippen LogP contribution in [0.25, 0.3) is 5.65 Å².